The molecular weight excluding hydrogens is 420 g/mol. The fourth-order valence-electron chi connectivity index (χ4n) is 3.79. The van der Waals surface area contributed by atoms with Crippen LogP contribution in [0.25, 0.3) is 11.4 Å². The van der Waals surface area contributed by atoms with Crippen LogP contribution in [0.2, 0.25) is 0 Å². The Labute approximate surface area is 189 Å². The number of thiophene rings is 1. The van der Waals surface area contributed by atoms with E-state index in [0.29, 0.717) is 23.0 Å². The van der Waals surface area contributed by atoms with Gasteiger partial charge in [-0.1, -0.05) is 18.2 Å². The Hall–Kier alpha value is -3.78. The third-order valence-electron chi connectivity index (χ3n) is 5.59. The van der Waals surface area contributed by atoms with E-state index in [1.807, 2.05) is 41.3 Å². The molecule has 3 aromatic heterocycles. The van der Waals surface area contributed by atoms with Gasteiger partial charge in [0.15, 0.2) is 5.82 Å². The number of nitrogens with zero attached hydrogens (tertiary/aromatic N) is 4. The maximum atomic E-state index is 13.4. The number of hydrogen-bond acceptors (Lipinski definition) is 6. The summed E-state index contributed by atoms with van der Waals surface area (Å²) in [5.74, 6) is 1.04. The maximum absolute atomic E-state index is 13.4. The molecule has 4 aromatic rings. The normalized spacial score (nSPS) is 15.3. The third-order valence-corrected chi connectivity index (χ3v) is 6.52. The number of carbonyl (C=O) groups is 1. The van der Waals surface area contributed by atoms with E-state index in [9.17, 15) is 4.79 Å². The number of fused-ring (bicyclic) bond motifs is 1. The van der Waals surface area contributed by atoms with Crippen LogP contribution in [0, 0.1) is 13.8 Å². The zero-order valence-corrected chi connectivity index (χ0v) is 18.8. The number of pyridine rings is 1. The van der Waals surface area contributed by atoms with Crippen molar-refractivity contribution in [3.8, 4) is 11.4 Å². The molecule has 32 heavy (non-hydrogen) atoms. The lowest BCUT2D eigenvalue weighted by atomic mass is 10.0. The average molecular weight is 443 g/mol. The molecule has 8 heteroatoms. The van der Waals surface area contributed by atoms with Crippen LogP contribution in [0.3, 0.4) is 0 Å². The fraction of sp³-hybridized carbons (Fsp3) is 0.167. The van der Waals surface area contributed by atoms with Gasteiger partial charge in [-0.2, -0.15) is 4.98 Å². The highest BCUT2D eigenvalue weighted by atomic mass is 32.1. The van der Waals surface area contributed by atoms with Gasteiger partial charge in [-0.25, -0.2) is 4.68 Å². The van der Waals surface area contributed by atoms with Gasteiger partial charge in [0.1, 0.15) is 6.04 Å². The van der Waals surface area contributed by atoms with E-state index in [2.05, 4.69) is 41.6 Å². The number of rotatable bonds is 4. The SMILES string of the molecule is CC1=C(C(=O)Nc2cccnc2)C(c2cccs2)n2nc(-c3ccc(C)c(C)c3)nc2N1. The lowest BCUT2D eigenvalue weighted by Gasteiger charge is -2.27. The van der Waals surface area contributed by atoms with E-state index in [1.54, 1.807) is 29.8 Å². The molecule has 1 aliphatic heterocycles. The number of nitrogens with one attached hydrogen (secondary N) is 2. The number of anilines is 2. The van der Waals surface area contributed by atoms with Crippen molar-refractivity contribution in [2.24, 2.45) is 0 Å². The number of aryl methyl sites for hydroxylation is 2. The molecule has 0 saturated carbocycles. The van der Waals surface area contributed by atoms with Crippen LogP contribution < -0.4 is 10.6 Å². The lowest BCUT2D eigenvalue weighted by Crippen LogP contribution is -2.31. The van der Waals surface area contributed by atoms with Crippen LogP contribution in [0.5, 0.6) is 0 Å². The Morgan fingerprint density at radius 2 is 2.00 bits per heavy atom. The molecule has 2 N–H and O–H groups in total. The molecule has 0 bridgehead atoms. The first-order valence-electron chi connectivity index (χ1n) is 10.3. The highest BCUT2D eigenvalue weighted by Gasteiger charge is 2.35. The number of hydrogen-bond donors (Lipinski definition) is 2. The molecule has 1 aliphatic rings. The van der Waals surface area contributed by atoms with E-state index in [4.69, 9.17) is 10.1 Å². The molecule has 0 spiro atoms. The maximum Gasteiger partial charge on any atom is 0.255 e. The Kier molecular flexibility index (Phi) is 5.07. The van der Waals surface area contributed by atoms with Crippen molar-refractivity contribution in [2.75, 3.05) is 10.6 Å². The number of allylic oxidation sites excluding steroid dienone is 1. The average Bonchev–Trinajstić information content (AvgIpc) is 3.45. The van der Waals surface area contributed by atoms with Gasteiger partial charge in [-0.05, 0) is 61.5 Å². The number of amides is 1. The van der Waals surface area contributed by atoms with Crippen molar-refractivity contribution in [1.29, 1.82) is 0 Å². The van der Waals surface area contributed by atoms with E-state index >= 15 is 0 Å². The van der Waals surface area contributed by atoms with Crippen LogP contribution in [0.15, 0.2) is 71.5 Å². The first-order chi connectivity index (χ1) is 15.5. The van der Waals surface area contributed by atoms with Crippen molar-refractivity contribution < 1.29 is 4.79 Å². The topological polar surface area (TPSA) is 84.7 Å². The summed E-state index contributed by atoms with van der Waals surface area (Å²) in [6.45, 7) is 6.06. The molecule has 7 nitrogen and oxygen atoms in total. The molecule has 160 valence electrons. The first-order valence-corrected chi connectivity index (χ1v) is 11.2. The predicted molar refractivity (Wildman–Crippen MR) is 127 cm³/mol. The molecule has 0 aliphatic carbocycles. The van der Waals surface area contributed by atoms with Crippen molar-refractivity contribution >= 4 is 28.9 Å². The fourth-order valence-corrected chi connectivity index (χ4v) is 4.61. The minimum absolute atomic E-state index is 0.199. The third kappa shape index (κ3) is 3.58. The summed E-state index contributed by atoms with van der Waals surface area (Å²) in [7, 11) is 0. The monoisotopic (exact) mass is 442 g/mol. The van der Waals surface area contributed by atoms with Gasteiger partial charge in [-0.3, -0.25) is 9.78 Å². The quantitative estimate of drug-likeness (QED) is 0.467. The Morgan fingerprint density at radius 1 is 1.12 bits per heavy atom. The van der Waals surface area contributed by atoms with Crippen LogP contribution in [-0.2, 0) is 4.79 Å². The Bertz CT molecular complexity index is 1320. The van der Waals surface area contributed by atoms with E-state index in [0.717, 1.165) is 16.1 Å². The largest absolute Gasteiger partial charge is 0.328 e. The molecular formula is C24H22N6OS. The number of aromatic nitrogens is 4. The summed E-state index contributed by atoms with van der Waals surface area (Å²) >= 11 is 1.59. The molecule has 1 amide bonds. The van der Waals surface area contributed by atoms with E-state index < -0.39 is 0 Å². The summed E-state index contributed by atoms with van der Waals surface area (Å²) in [6, 6.07) is 13.4. The minimum atomic E-state index is -0.379. The first kappa shape index (κ1) is 20.1. The summed E-state index contributed by atoms with van der Waals surface area (Å²) in [5, 5.41) is 13.1. The predicted octanol–water partition coefficient (Wildman–Crippen LogP) is 4.95. The van der Waals surface area contributed by atoms with Crippen molar-refractivity contribution in [3.05, 3.63) is 87.5 Å². The van der Waals surface area contributed by atoms with Crippen LogP contribution in [0.4, 0.5) is 11.6 Å². The summed E-state index contributed by atoms with van der Waals surface area (Å²) < 4.78 is 1.81. The summed E-state index contributed by atoms with van der Waals surface area (Å²) in [6.07, 6.45) is 3.30. The molecule has 5 rings (SSSR count). The minimum Gasteiger partial charge on any atom is -0.328 e. The van der Waals surface area contributed by atoms with Gasteiger partial charge in [0.2, 0.25) is 5.95 Å². The second-order valence-corrected chi connectivity index (χ2v) is 8.76. The molecule has 1 aromatic carbocycles. The molecule has 0 fully saturated rings. The lowest BCUT2D eigenvalue weighted by molar-refractivity contribution is -0.113. The van der Waals surface area contributed by atoms with Crippen molar-refractivity contribution in [2.45, 2.75) is 26.8 Å². The van der Waals surface area contributed by atoms with Gasteiger partial charge in [0, 0.05) is 22.3 Å². The summed E-state index contributed by atoms with van der Waals surface area (Å²) in [4.78, 5) is 23.2. The molecule has 1 unspecified atom stereocenters. The Balaban J connectivity index is 1.58. The second-order valence-electron chi connectivity index (χ2n) is 7.78. The number of benzene rings is 1. The van der Waals surface area contributed by atoms with E-state index in [1.165, 1.54) is 11.1 Å². The van der Waals surface area contributed by atoms with Crippen molar-refractivity contribution in [3.63, 3.8) is 0 Å². The molecule has 4 heterocycles. The van der Waals surface area contributed by atoms with Gasteiger partial charge in [-0.15, -0.1) is 16.4 Å². The zero-order chi connectivity index (χ0) is 22.2. The second kappa shape index (κ2) is 8.05. The number of carbonyl (C=O) groups excluding carboxylic acids is 1. The summed E-state index contributed by atoms with van der Waals surface area (Å²) in [5.41, 5.74) is 5.34. The standard InChI is InChI=1S/C24H22N6OS/c1-14-8-9-17(12-15(14)2)22-28-24-26-16(3)20(23(31)27-18-6-4-10-25-13-18)21(30(24)29-22)19-7-5-11-32-19/h4-13,21H,1-3H3,(H,27,31)(H,26,28,29). The van der Waals surface area contributed by atoms with Crippen LogP contribution in [0.1, 0.15) is 29.0 Å². The van der Waals surface area contributed by atoms with Crippen LogP contribution >= 0.6 is 11.3 Å². The Morgan fingerprint density at radius 3 is 2.72 bits per heavy atom. The molecule has 0 saturated heterocycles. The van der Waals surface area contributed by atoms with E-state index in [-0.39, 0.29) is 11.9 Å². The zero-order valence-electron chi connectivity index (χ0n) is 18.0. The van der Waals surface area contributed by atoms with Gasteiger partial charge in [0.25, 0.3) is 5.91 Å². The van der Waals surface area contributed by atoms with Gasteiger partial charge in [0.05, 0.1) is 17.5 Å². The smallest absolute Gasteiger partial charge is 0.255 e. The molecule has 1 atom stereocenters. The van der Waals surface area contributed by atoms with Gasteiger partial charge >= 0.3 is 0 Å². The van der Waals surface area contributed by atoms with Crippen molar-refractivity contribution in [1.82, 2.24) is 19.7 Å². The van der Waals surface area contributed by atoms with Gasteiger partial charge < -0.3 is 10.6 Å². The highest BCUT2D eigenvalue weighted by molar-refractivity contribution is 7.10. The van der Waals surface area contributed by atoms with Crippen LogP contribution in [-0.4, -0.2) is 25.7 Å². The molecule has 0 radical (unpaired) electrons. The highest BCUT2D eigenvalue weighted by Crippen LogP contribution is 2.38.